The van der Waals surface area contributed by atoms with Gasteiger partial charge in [-0.05, 0) is 84.1 Å². The molecule has 0 radical (unpaired) electrons. The zero-order valence-corrected chi connectivity index (χ0v) is 21.1. The van der Waals surface area contributed by atoms with Gasteiger partial charge in [0.05, 0.1) is 11.5 Å². The average Bonchev–Trinajstić information content (AvgIpc) is 3.32. The van der Waals surface area contributed by atoms with Crippen LogP contribution in [0.25, 0.3) is 10.2 Å². The van der Waals surface area contributed by atoms with Crippen molar-refractivity contribution < 1.29 is 14.3 Å². The fraction of sp³-hybridized carbons (Fsp3) is 0.680. The first kappa shape index (κ1) is 23.7. The Morgan fingerprint density at radius 1 is 1.27 bits per heavy atom. The first-order valence-corrected chi connectivity index (χ1v) is 12.8. The zero-order valence-electron chi connectivity index (χ0n) is 20.3. The number of amides is 1. The van der Waals surface area contributed by atoms with Crippen LogP contribution in [0.4, 0.5) is 4.79 Å². The number of hydrogen-bond donors (Lipinski definition) is 0. The van der Waals surface area contributed by atoms with E-state index in [2.05, 4.69) is 16.0 Å². The molecule has 0 spiro atoms. The number of fused-ring (bicyclic) bond motifs is 3. The minimum atomic E-state index is -0.492. The second kappa shape index (κ2) is 9.46. The minimum Gasteiger partial charge on any atom is -0.474 e. The van der Waals surface area contributed by atoms with Crippen molar-refractivity contribution in [2.24, 2.45) is 5.92 Å². The highest BCUT2D eigenvalue weighted by atomic mass is 32.1. The molecule has 4 rings (SSSR count). The number of hydrogen-bond acceptors (Lipinski definition) is 7. The maximum absolute atomic E-state index is 12.4. The molecule has 1 saturated carbocycles. The van der Waals surface area contributed by atoms with Crippen LogP contribution in [-0.2, 0) is 11.2 Å². The minimum absolute atomic E-state index is 0.0298. The monoisotopic (exact) mass is 470 g/mol. The summed E-state index contributed by atoms with van der Waals surface area (Å²) in [7, 11) is 1.82. The number of rotatable bonds is 5. The van der Waals surface area contributed by atoms with E-state index >= 15 is 0 Å². The summed E-state index contributed by atoms with van der Waals surface area (Å²) >= 11 is 1.74. The number of carbonyl (C=O) groups excluding carboxylic acids is 1. The van der Waals surface area contributed by atoms with Crippen molar-refractivity contribution in [3.8, 4) is 11.9 Å². The molecule has 178 valence electrons. The lowest BCUT2D eigenvalue weighted by Crippen LogP contribution is -2.43. The Balaban J connectivity index is 1.45. The van der Waals surface area contributed by atoms with E-state index in [4.69, 9.17) is 9.47 Å². The van der Waals surface area contributed by atoms with Crippen LogP contribution in [0.15, 0.2) is 6.33 Å². The molecule has 2 aromatic rings. The van der Waals surface area contributed by atoms with Gasteiger partial charge in [-0.15, -0.1) is 11.3 Å². The van der Waals surface area contributed by atoms with E-state index in [-0.39, 0.29) is 24.2 Å². The molecule has 2 atom stereocenters. The van der Waals surface area contributed by atoms with Crippen molar-refractivity contribution in [2.75, 3.05) is 7.05 Å². The van der Waals surface area contributed by atoms with E-state index in [0.29, 0.717) is 11.8 Å². The lowest BCUT2D eigenvalue weighted by atomic mass is 9.91. The van der Waals surface area contributed by atoms with Crippen LogP contribution in [0.5, 0.6) is 5.88 Å². The fourth-order valence-corrected chi connectivity index (χ4v) is 6.27. The number of nitriles is 1. The van der Waals surface area contributed by atoms with Gasteiger partial charge >= 0.3 is 6.09 Å². The first-order valence-electron chi connectivity index (χ1n) is 11.9. The highest BCUT2D eigenvalue weighted by Crippen LogP contribution is 2.48. The number of aromatic nitrogens is 2. The van der Waals surface area contributed by atoms with Gasteiger partial charge < -0.3 is 14.4 Å². The van der Waals surface area contributed by atoms with Crippen LogP contribution in [0.2, 0.25) is 0 Å². The molecule has 0 N–H and O–H groups in total. The third-order valence-electron chi connectivity index (χ3n) is 6.71. The molecule has 2 aliphatic rings. The Labute approximate surface area is 200 Å². The van der Waals surface area contributed by atoms with E-state index in [1.165, 1.54) is 10.4 Å². The summed E-state index contributed by atoms with van der Waals surface area (Å²) in [6.07, 6.45) is 7.87. The predicted molar refractivity (Wildman–Crippen MR) is 129 cm³/mol. The molecular formula is C25H34N4O3S. The van der Waals surface area contributed by atoms with Gasteiger partial charge in [-0.25, -0.2) is 14.8 Å². The normalized spacial score (nSPS) is 23.6. The maximum Gasteiger partial charge on any atom is 0.410 e. The molecule has 0 unspecified atom stereocenters. The molecule has 33 heavy (non-hydrogen) atoms. The van der Waals surface area contributed by atoms with Crippen molar-refractivity contribution in [1.29, 1.82) is 5.26 Å². The third-order valence-corrected chi connectivity index (χ3v) is 7.88. The molecule has 2 aliphatic carbocycles. The molecule has 0 aliphatic heterocycles. The Morgan fingerprint density at radius 3 is 2.67 bits per heavy atom. The van der Waals surface area contributed by atoms with Gasteiger partial charge in [0, 0.05) is 23.9 Å². The Morgan fingerprint density at radius 2 is 2.00 bits per heavy atom. The summed E-state index contributed by atoms with van der Waals surface area (Å²) in [5.74, 6) is 1.08. The SMILES string of the molecule is C[C@H](C#N)C[C@H]1CCc2sc3ncnc(OC4CCC(N(C)C(=O)OC(C)(C)C)CC4)c3c21. The Kier molecular flexibility index (Phi) is 6.81. The molecular weight excluding hydrogens is 436 g/mol. The molecule has 8 heteroatoms. The second-order valence-corrected chi connectivity index (χ2v) is 11.5. The maximum atomic E-state index is 12.4. The van der Waals surface area contributed by atoms with Crippen molar-refractivity contribution in [2.45, 2.75) is 96.3 Å². The molecule has 2 aromatic heterocycles. The molecule has 1 fully saturated rings. The molecule has 7 nitrogen and oxygen atoms in total. The molecule has 1 amide bonds. The summed E-state index contributed by atoms with van der Waals surface area (Å²) < 4.78 is 12.0. The van der Waals surface area contributed by atoms with Gasteiger partial charge in [-0.3, -0.25) is 0 Å². The highest BCUT2D eigenvalue weighted by molar-refractivity contribution is 7.19. The van der Waals surface area contributed by atoms with Gasteiger partial charge in [0.25, 0.3) is 0 Å². The number of carbonyl (C=O) groups is 1. The second-order valence-electron chi connectivity index (χ2n) is 10.4. The fourth-order valence-electron chi connectivity index (χ4n) is 5.04. The largest absolute Gasteiger partial charge is 0.474 e. The molecule has 0 saturated heterocycles. The van der Waals surface area contributed by atoms with Gasteiger partial charge in [-0.1, -0.05) is 0 Å². The summed E-state index contributed by atoms with van der Waals surface area (Å²) in [4.78, 5) is 25.6. The van der Waals surface area contributed by atoms with Crippen molar-refractivity contribution >= 4 is 27.6 Å². The average molecular weight is 471 g/mol. The van der Waals surface area contributed by atoms with E-state index < -0.39 is 5.60 Å². The van der Waals surface area contributed by atoms with Gasteiger partial charge in [0.15, 0.2) is 0 Å². The summed E-state index contributed by atoms with van der Waals surface area (Å²) in [5.41, 5.74) is 0.819. The molecule has 0 aromatic carbocycles. The summed E-state index contributed by atoms with van der Waals surface area (Å²) in [6.45, 7) is 7.66. The lowest BCUT2D eigenvalue weighted by Gasteiger charge is -2.35. The van der Waals surface area contributed by atoms with Crippen LogP contribution in [0.3, 0.4) is 0 Å². The lowest BCUT2D eigenvalue weighted by molar-refractivity contribution is 0.0138. The van der Waals surface area contributed by atoms with Gasteiger partial charge in [0.2, 0.25) is 5.88 Å². The van der Waals surface area contributed by atoms with Crippen LogP contribution >= 0.6 is 11.3 Å². The highest BCUT2D eigenvalue weighted by Gasteiger charge is 2.33. The van der Waals surface area contributed by atoms with E-state index in [1.54, 1.807) is 22.6 Å². The third kappa shape index (κ3) is 5.24. The summed E-state index contributed by atoms with van der Waals surface area (Å²) in [5, 5.41) is 10.4. The van der Waals surface area contributed by atoms with Crippen LogP contribution in [-0.4, -0.2) is 45.8 Å². The smallest absolute Gasteiger partial charge is 0.410 e. The van der Waals surface area contributed by atoms with Crippen LogP contribution in [0.1, 0.15) is 82.6 Å². The van der Waals surface area contributed by atoms with Crippen LogP contribution in [0, 0.1) is 17.2 Å². The van der Waals surface area contributed by atoms with Gasteiger partial charge in [0.1, 0.15) is 22.9 Å². The topological polar surface area (TPSA) is 88.3 Å². The first-order chi connectivity index (χ1) is 15.7. The van der Waals surface area contributed by atoms with Crippen molar-refractivity contribution in [3.05, 3.63) is 16.8 Å². The van der Waals surface area contributed by atoms with E-state index in [9.17, 15) is 10.1 Å². The van der Waals surface area contributed by atoms with E-state index in [0.717, 1.165) is 55.2 Å². The number of aryl methyl sites for hydroxylation is 1. The number of nitrogens with zero attached hydrogens (tertiary/aromatic N) is 4. The van der Waals surface area contributed by atoms with Crippen molar-refractivity contribution in [3.63, 3.8) is 0 Å². The Hall–Kier alpha value is -2.40. The van der Waals surface area contributed by atoms with Crippen molar-refractivity contribution in [1.82, 2.24) is 14.9 Å². The summed E-state index contributed by atoms with van der Waals surface area (Å²) in [6, 6.07) is 2.54. The van der Waals surface area contributed by atoms with Gasteiger partial charge in [-0.2, -0.15) is 5.26 Å². The molecule has 0 bridgehead atoms. The van der Waals surface area contributed by atoms with Crippen LogP contribution < -0.4 is 4.74 Å². The predicted octanol–water partition coefficient (Wildman–Crippen LogP) is 5.83. The standard InChI is InChI=1S/C25H34N4O3S/c1-15(13-26)12-16-6-11-19-20(16)21-22(27-14-28-23(21)33-19)31-18-9-7-17(8-10-18)29(5)24(30)32-25(2,3)4/h14-18H,6-12H2,1-5H3/t15-,16+,17?,18?/m0/s1. The molecule has 2 heterocycles. The zero-order chi connectivity index (χ0) is 23.8. The van der Waals surface area contributed by atoms with E-state index in [1.807, 2.05) is 34.7 Å². The Bertz CT molecular complexity index is 1050. The number of ether oxygens (including phenoxy) is 2. The number of thiophene rings is 1. The quantitative estimate of drug-likeness (QED) is 0.546.